The zero-order chi connectivity index (χ0) is 28.7. The summed E-state index contributed by atoms with van der Waals surface area (Å²) in [6.07, 6.45) is 6.08. The van der Waals surface area contributed by atoms with Gasteiger partial charge in [0.25, 0.3) is 0 Å². The number of carbonyl (C=O) groups is 3. The van der Waals surface area contributed by atoms with Crippen molar-refractivity contribution in [1.82, 2.24) is 5.32 Å². The van der Waals surface area contributed by atoms with Crippen LogP contribution in [0.2, 0.25) is 0 Å². The predicted octanol–water partition coefficient (Wildman–Crippen LogP) is 2.85. The molecule has 0 saturated heterocycles. The molecule has 0 spiro atoms. The quantitative estimate of drug-likeness (QED) is 0.274. The summed E-state index contributed by atoms with van der Waals surface area (Å²) >= 11 is 0. The SMILES string of the molecule is COC(=O)CC[C@@H](C)[C@H]1CC[C@H]2[C@@H]3[C@H](O)C[C@@H]4C[C@@H](NC(=O)[C@@H](N)CCC(=O)O)CC[C@]4(C)[C@H]3C[C@H](O)[C@]12C. The lowest BCUT2D eigenvalue weighted by Gasteiger charge is -2.63. The van der Waals surface area contributed by atoms with Gasteiger partial charge in [-0.3, -0.25) is 14.4 Å². The Balaban J connectivity index is 1.45. The highest BCUT2D eigenvalue weighted by molar-refractivity contribution is 5.82. The van der Waals surface area contributed by atoms with Crippen molar-refractivity contribution in [3.05, 3.63) is 0 Å². The van der Waals surface area contributed by atoms with E-state index >= 15 is 0 Å². The molecule has 0 aromatic heterocycles. The second kappa shape index (κ2) is 11.6. The van der Waals surface area contributed by atoms with Gasteiger partial charge >= 0.3 is 11.9 Å². The zero-order valence-corrected chi connectivity index (χ0v) is 24.1. The topological polar surface area (TPSA) is 159 Å². The normalized spacial score (nSPS) is 42.8. The maximum absolute atomic E-state index is 12.6. The Kier molecular flexibility index (Phi) is 9.04. The molecule has 0 heterocycles. The lowest BCUT2D eigenvalue weighted by molar-refractivity contribution is -0.202. The van der Waals surface area contributed by atoms with E-state index in [2.05, 4.69) is 26.1 Å². The van der Waals surface area contributed by atoms with Gasteiger partial charge in [0.1, 0.15) is 0 Å². The number of fused-ring (bicyclic) bond motifs is 5. The number of carboxylic acid groups (broad SMARTS) is 1. The monoisotopic (exact) mass is 550 g/mol. The van der Waals surface area contributed by atoms with Crippen molar-refractivity contribution in [2.75, 3.05) is 7.11 Å². The first kappa shape index (κ1) is 30.3. The number of rotatable bonds is 9. The Morgan fingerprint density at radius 2 is 1.74 bits per heavy atom. The number of nitrogens with two attached hydrogens (primary N) is 1. The third kappa shape index (κ3) is 5.60. The number of esters is 1. The number of hydrogen-bond donors (Lipinski definition) is 5. The third-order valence-electron chi connectivity index (χ3n) is 11.9. The minimum Gasteiger partial charge on any atom is -0.481 e. The van der Waals surface area contributed by atoms with Gasteiger partial charge in [0.2, 0.25) is 5.91 Å². The van der Waals surface area contributed by atoms with E-state index < -0.39 is 24.2 Å². The molecule has 4 saturated carbocycles. The summed E-state index contributed by atoms with van der Waals surface area (Å²) in [5.41, 5.74) is 5.63. The largest absolute Gasteiger partial charge is 0.481 e. The molecule has 1 amide bonds. The molecule has 39 heavy (non-hydrogen) atoms. The Morgan fingerprint density at radius 3 is 2.41 bits per heavy atom. The van der Waals surface area contributed by atoms with Crippen LogP contribution < -0.4 is 11.1 Å². The van der Waals surface area contributed by atoms with E-state index in [0.29, 0.717) is 25.2 Å². The van der Waals surface area contributed by atoms with Crippen LogP contribution in [0.4, 0.5) is 0 Å². The first-order valence-electron chi connectivity index (χ1n) is 15.0. The molecule has 0 bridgehead atoms. The minimum atomic E-state index is -0.965. The molecule has 4 aliphatic rings. The van der Waals surface area contributed by atoms with Crippen molar-refractivity contribution in [2.45, 2.75) is 116 Å². The molecular formula is C30H50N2O7. The summed E-state index contributed by atoms with van der Waals surface area (Å²) in [5, 5.41) is 35.3. The van der Waals surface area contributed by atoms with Crippen LogP contribution in [0.1, 0.15) is 91.4 Å². The van der Waals surface area contributed by atoms with Crippen LogP contribution in [0.3, 0.4) is 0 Å². The Labute approximate surface area is 232 Å². The molecule has 0 aromatic carbocycles. The smallest absolute Gasteiger partial charge is 0.305 e. The molecule has 0 radical (unpaired) electrons. The Hall–Kier alpha value is -1.71. The molecule has 0 unspecified atom stereocenters. The minimum absolute atomic E-state index is 0.0204. The fourth-order valence-corrected chi connectivity index (χ4v) is 9.65. The maximum atomic E-state index is 12.6. The molecule has 4 rings (SSSR count). The Bertz CT molecular complexity index is 929. The second-order valence-electron chi connectivity index (χ2n) is 13.7. The first-order chi connectivity index (χ1) is 18.3. The third-order valence-corrected chi connectivity index (χ3v) is 11.9. The lowest BCUT2D eigenvalue weighted by Crippen LogP contribution is -2.63. The number of carboxylic acids is 1. The summed E-state index contributed by atoms with van der Waals surface area (Å²) in [5.74, 6) is -0.0291. The number of aliphatic hydroxyl groups is 2. The van der Waals surface area contributed by atoms with Crippen LogP contribution in [0, 0.1) is 46.3 Å². The van der Waals surface area contributed by atoms with Crippen LogP contribution in [0.25, 0.3) is 0 Å². The lowest BCUT2D eigenvalue weighted by atomic mass is 9.43. The number of ether oxygens (including phenoxy) is 1. The summed E-state index contributed by atoms with van der Waals surface area (Å²) in [7, 11) is 1.42. The fourth-order valence-electron chi connectivity index (χ4n) is 9.65. The van der Waals surface area contributed by atoms with Crippen molar-refractivity contribution in [1.29, 1.82) is 0 Å². The summed E-state index contributed by atoms with van der Waals surface area (Å²) in [6.45, 7) is 6.75. The van der Waals surface area contributed by atoms with Crippen LogP contribution in [-0.2, 0) is 19.1 Å². The van der Waals surface area contributed by atoms with Gasteiger partial charge in [-0.1, -0.05) is 20.8 Å². The second-order valence-corrected chi connectivity index (χ2v) is 13.7. The number of methoxy groups -OCH3 is 1. The van der Waals surface area contributed by atoms with Gasteiger partial charge in [-0.15, -0.1) is 0 Å². The molecular weight excluding hydrogens is 500 g/mol. The molecule has 12 atom stereocenters. The summed E-state index contributed by atoms with van der Waals surface area (Å²) in [4.78, 5) is 35.2. The zero-order valence-electron chi connectivity index (χ0n) is 24.1. The van der Waals surface area contributed by atoms with E-state index in [1.807, 2.05) is 0 Å². The van der Waals surface area contributed by atoms with Gasteiger partial charge in [0, 0.05) is 18.9 Å². The van der Waals surface area contributed by atoms with Crippen molar-refractivity contribution in [2.24, 2.45) is 52.1 Å². The van der Waals surface area contributed by atoms with E-state index in [9.17, 15) is 24.6 Å². The summed E-state index contributed by atoms with van der Waals surface area (Å²) < 4.78 is 4.85. The number of nitrogens with one attached hydrogen (secondary N) is 1. The number of hydrogen-bond acceptors (Lipinski definition) is 7. The Morgan fingerprint density at radius 1 is 1.03 bits per heavy atom. The molecule has 0 aromatic rings. The van der Waals surface area contributed by atoms with Gasteiger partial charge in [-0.05, 0) is 104 Å². The van der Waals surface area contributed by atoms with Crippen molar-refractivity contribution >= 4 is 17.8 Å². The highest BCUT2D eigenvalue weighted by atomic mass is 16.5. The van der Waals surface area contributed by atoms with Crippen molar-refractivity contribution in [3.63, 3.8) is 0 Å². The highest BCUT2D eigenvalue weighted by Crippen LogP contribution is 2.68. The van der Waals surface area contributed by atoms with Gasteiger partial charge in [0.05, 0.1) is 25.4 Å². The van der Waals surface area contributed by atoms with Gasteiger partial charge in [-0.25, -0.2) is 0 Å². The fraction of sp³-hybridized carbons (Fsp3) is 0.900. The predicted molar refractivity (Wildman–Crippen MR) is 145 cm³/mol. The number of carbonyl (C=O) groups excluding carboxylic acids is 2. The van der Waals surface area contributed by atoms with E-state index in [1.54, 1.807) is 0 Å². The summed E-state index contributed by atoms with van der Waals surface area (Å²) in [6, 6.07) is -0.882. The van der Waals surface area contributed by atoms with Gasteiger partial charge < -0.3 is 31.1 Å². The van der Waals surface area contributed by atoms with Crippen LogP contribution >= 0.6 is 0 Å². The standard InChI is InChI=1S/C30H50N2O7/c1-16(5-10-26(37)39-4)19-6-7-20-27-21(15-24(34)30(19,20)3)29(2)12-11-18(13-17(29)14-23(27)33)32-28(38)22(31)8-9-25(35)36/h16-24,27,33-34H,5-15,31H2,1-4H3,(H,32,38)(H,35,36)/t16-,17+,18+,19-,20+,21+,22+,23-,24+,27+,29+,30-/m1/s1. The average molecular weight is 551 g/mol. The highest BCUT2D eigenvalue weighted by Gasteiger charge is 2.65. The van der Waals surface area contributed by atoms with Crippen molar-refractivity contribution in [3.8, 4) is 0 Å². The number of aliphatic carboxylic acids is 1. The average Bonchev–Trinajstić information content (AvgIpc) is 3.25. The van der Waals surface area contributed by atoms with Crippen molar-refractivity contribution < 1.29 is 34.4 Å². The van der Waals surface area contributed by atoms with E-state index in [0.717, 1.165) is 38.5 Å². The van der Waals surface area contributed by atoms with E-state index in [1.165, 1.54) is 7.11 Å². The van der Waals surface area contributed by atoms with Gasteiger partial charge in [0.15, 0.2) is 0 Å². The molecule has 6 N–H and O–H groups in total. The number of aliphatic hydroxyl groups excluding tert-OH is 2. The molecule has 0 aliphatic heterocycles. The van der Waals surface area contributed by atoms with E-state index in [-0.39, 0.29) is 71.2 Å². The molecule has 9 heteroatoms. The van der Waals surface area contributed by atoms with Crippen LogP contribution in [-0.4, -0.2) is 64.6 Å². The first-order valence-corrected chi connectivity index (χ1v) is 15.0. The number of amides is 1. The molecule has 222 valence electrons. The van der Waals surface area contributed by atoms with E-state index in [4.69, 9.17) is 15.6 Å². The molecule has 9 nitrogen and oxygen atoms in total. The molecule has 4 aliphatic carbocycles. The van der Waals surface area contributed by atoms with Gasteiger partial charge in [-0.2, -0.15) is 0 Å². The maximum Gasteiger partial charge on any atom is 0.305 e. The van der Waals surface area contributed by atoms with Crippen LogP contribution in [0.15, 0.2) is 0 Å². The van der Waals surface area contributed by atoms with Crippen LogP contribution in [0.5, 0.6) is 0 Å². The molecule has 4 fully saturated rings.